The summed E-state index contributed by atoms with van der Waals surface area (Å²) >= 11 is 3.31. The maximum absolute atomic E-state index is 12.2. The number of rotatable bonds is 5. The van der Waals surface area contributed by atoms with Crippen LogP contribution >= 0.6 is 15.9 Å². The van der Waals surface area contributed by atoms with Crippen LogP contribution in [0.4, 0.5) is 8.78 Å². The molecule has 18 heavy (non-hydrogen) atoms. The Morgan fingerprint density at radius 2 is 2.17 bits per heavy atom. The predicted octanol–water partition coefficient (Wildman–Crippen LogP) is 2.72. The molecule has 0 radical (unpaired) electrons. The van der Waals surface area contributed by atoms with E-state index in [1.165, 1.54) is 14.2 Å². The lowest BCUT2D eigenvalue weighted by Crippen LogP contribution is -2.32. The number of carbonyl (C=O) groups is 1. The maximum atomic E-state index is 12.2. The minimum Gasteiger partial charge on any atom is -0.497 e. The number of nitrogens with zero attached hydrogens (tertiary/aromatic N) is 1. The van der Waals surface area contributed by atoms with Crippen LogP contribution in [-0.4, -0.2) is 37.9 Å². The average Bonchev–Trinajstić information content (AvgIpc) is 2.31. The van der Waals surface area contributed by atoms with Crippen molar-refractivity contribution in [3.05, 3.63) is 28.2 Å². The Balaban J connectivity index is 2.74. The summed E-state index contributed by atoms with van der Waals surface area (Å²) in [5.41, 5.74) is 0.709. The summed E-state index contributed by atoms with van der Waals surface area (Å²) in [7, 11) is 2.89. The number of benzene rings is 1. The van der Waals surface area contributed by atoms with Crippen LogP contribution in [0, 0.1) is 0 Å². The summed E-state index contributed by atoms with van der Waals surface area (Å²) in [4.78, 5) is 12.8. The van der Waals surface area contributed by atoms with Crippen molar-refractivity contribution in [1.82, 2.24) is 4.90 Å². The molecule has 1 amide bonds. The first-order valence-corrected chi connectivity index (χ1v) is 6.08. The highest BCUT2D eigenvalue weighted by Gasteiger charge is 2.15. The lowest BCUT2D eigenvalue weighted by molar-refractivity contribution is -0.130. The quantitative estimate of drug-likeness (QED) is 0.834. The van der Waals surface area contributed by atoms with Gasteiger partial charge in [-0.3, -0.25) is 4.79 Å². The molecule has 0 saturated heterocycles. The van der Waals surface area contributed by atoms with Gasteiger partial charge in [-0.2, -0.15) is 0 Å². The predicted molar refractivity (Wildman–Crippen MR) is 68.0 cm³/mol. The summed E-state index contributed by atoms with van der Waals surface area (Å²) < 4.78 is 30.1. The minimum absolute atomic E-state index is 0.0566. The largest absolute Gasteiger partial charge is 0.497 e. The first-order valence-electron chi connectivity index (χ1n) is 5.28. The van der Waals surface area contributed by atoms with E-state index in [0.29, 0.717) is 11.3 Å². The SMILES string of the molecule is COc1ccc(Br)c(CC(=O)N(C)CC(F)F)c1. The fourth-order valence-electron chi connectivity index (χ4n) is 1.42. The molecule has 0 spiro atoms. The van der Waals surface area contributed by atoms with E-state index in [1.807, 2.05) is 0 Å². The van der Waals surface area contributed by atoms with Crippen LogP contribution in [0.1, 0.15) is 5.56 Å². The molecule has 1 aromatic rings. The maximum Gasteiger partial charge on any atom is 0.255 e. The second-order valence-electron chi connectivity index (χ2n) is 3.80. The van der Waals surface area contributed by atoms with E-state index in [9.17, 15) is 13.6 Å². The van der Waals surface area contributed by atoms with E-state index in [-0.39, 0.29) is 12.3 Å². The van der Waals surface area contributed by atoms with E-state index in [4.69, 9.17) is 4.74 Å². The first-order chi connectivity index (χ1) is 8.43. The molecule has 0 aliphatic rings. The molecule has 0 unspecified atom stereocenters. The third kappa shape index (κ3) is 4.25. The van der Waals surface area contributed by atoms with Gasteiger partial charge in [-0.15, -0.1) is 0 Å². The van der Waals surface area contributed by atoms with Gasteiger partial charge in [0.05, 0.1) is 20.1 Å². The van der Waals surface area contributed by atoms with Crippen molar-refractivity contribution >= 4 is 21.8 Å². The highest BCUT2D eigenvalue weighted by Crippen LogP contribution is 2.23. The lowest BCUT2D eigenvalue weighted by Gasteiger charge is -2.17. The average molecular weight is 322 g/mol. The molecule has 0 N–H and O–H groups in total. The molecule has 0 fully saturated rings. The van der Waals surface area contributed by atoms with Crippen LogP contribution in [0.25, 0.3) is 0 Å². The van der Waals surface area contributed by atoms with Gasteiger partial charge < -0.3 is 9.64 Å². The van der Waals surface area contributed by atoms with Crippen LogP contribution in [0.3, 0.4) is 0 Å². The highest BCUT2D eigenvalue weighted by atomic mass is 79.9. The number of amides is 1. The Morgan fingerprint density at radius 1 is 1.50 bits per heavy atom. The van der Waals surface area contributed by atoms with Crippen LogP contribution in [0.15, 0.2) is 22.7 Å². The summed E-state index contributed by atoms with van der Waals surface area (Å²) in [6, 6.07) is 5.22. The zero-order valence-corrected chi connectivity index (χ0v) is 11.7. The molecule has 0 aliphatic heterocycles. The van der Waals surface area contributed by atoms with Gasteiger partial charge >= 0.3 is 0 Å². The summed E-state index contributed by atoms with van der Waals surface area (Å²) in [5, 5.41) is 0. The van der Waals surface area contributed by atoms with Crippen molar-refractivity contribution in [2.75, 3.05) is 20.7 Å². The van der Waals surface area contributed by atoms with Crippen LogP contribution < -0.4 is 4.74 Å². The van der Waals surface area contributed by atoms with Crippen molar-refractivity contribution in [3.63, 3.8) is 0 Å². The first kappa shape index (κ1) is 14.9. The van der Waals surface area contributed by atoms with E-state index >= 15 is 0 Å². The van der Waals surface area contributed by atoms with Crippen molar-refractivity contribution in [2.45, 2.75) is 12.8 Å². The number of methoxy groups -OCH3 is 1. The third-order valence-corrected chi connectivity index (χ3v) is 3.21. The van der Waals surface area contributed by atoms with Gasteiger partial charge in [0.15, 0.2) is 0 Å². The van der Waals surface area contributed by atoms with E-state index in [0.717, 1.165) is 9.37 Å². The molecule has 6 heteroatoms. The molecule has 0 bridgehead atoms. The zero-order valence-electron chi connectivity index (χ0n) is 10.1. The molecule has 100 valence electrons. The minimum atomic E-state index is -2.52. The van der Waals surface area contributed by atoms with Gasteiger partial charge in [0.1, 0.15) is 5.75 Å². The molecule has 1 aromatic carbocycles. The molecule has 0 atom stereocenters. The molecule has 0 saturated carbocycles. The van der Waals surface area contributed by atoms with Crippen molar-refractivity contribution in [3.8, 4) is 5.75 Å². The second-order valence-corrected chi connectivity index (χ2v) is 4.65. The lowest BCUT2D eigenvalue weighted by atomic mass is 10.1. The Kier molecular flexibility index (Phi) is 5.53. The summed E-state index contributed by atoms with van der Waals surface area (Å²) in [6.07, 6.45) is -2.46. The van der Waals surface area contributed by atoms with Crippen LogP contribution in [0.5, 0.6) is 5.75 Å². The van der Waals surface area contributed by atoms with Gasteiger partial charge in [0.2, 0.25) is 5.91 Å². The Morgan fingerprint density at radius 3 is 2.72 bits per heavy atom. The number of ether oxygens (including phenoxy) is 1. The highest BCUT2D eigenvalue weighted by molar-refractivity contribution is 9.10. The Labute approximate surface area is 113 Å². The normalized spacial score (nSPS) is 10.6. The van der Waals surface area contributed by atoms with Gasteiger partial charge in [-0.05, 0) is 23.8 Å². The number of hydrogen-bond acceptors (Lipinski definition) is 2. The number of likely N-dealkylation sites (N-methyl/N-ethyl adjacent to an activating group) is 1. The van der Waals surface area contributed by atoms with Crippen molar-refractivity contribution < 1.29 is 18.3 Å². The number of hydrogen-bond donors (Lipinski definition) is 0. The van der Waals surface area contributed by atoms with Gasteiger partial charge in [-0.25, -0.2) is 8.78 Å². The Hall–Kier alpha value is -1.17. The molecule has 0 aliphatic carbocycles. The second kappa shape index (κ2) is 6.68. The number of carbonyl (C=O) groups excluding carboxylic acids is 1. The molecule has 1 rings (SSSR count). The van der Waals surface area contributed by atoms with E-state index in [1.54, 1.807) is 18.2 Å². The summed E-state index contributed by atoms with van der Waals surface area (Å²) in [6.45, 7) is -0.555. The van der Waals surface area contributed by atoms with Gasteiger partial charge in [-0.1, -0.05) is 15.9 Å². The van der Waals surface area contributed by atoms with Crippen LogP contribution in [0.2, 0.25) is 0 Å². The molecular formula is C12H14BrF2NO2. The third-order valence-electron chi connectivity index (χ3n) is 2.43. The Bertz CT molecular complexity index is 427. The number of halogens is 3. The number of alkyl halides is 2. The zero-order chi connectivity index (χ0) is 13.7. The molecule has 0 heterocycles. The van der Waals surface area contributed by atoms with Gasteiger partial charge in [0, 0.05) is 11.5 Å². The smallest absolute Gasteiger partial charge is 0.255 e. The standard InChI is InChI=1S/C12H14BrF2NO2/c1-16(7-11(14)15)12(17)6-8-5-9(18-2)3-4-10(8)13/h3-5,11H,6-7H2,1-2H3. The molecule has 0 aromatic heterocycles. The van der Waals surface area contributed by atoms with E-state index in [2.05, 4.69) is 15.9 Å². The fourth-order valence-corrected chi connectivity index (χ4v) is 1.81. The van der Waals surface area contributed by atoms with Crippen LogP contribution in [-0.2, 0) is 11.2 Å². The monoisotopic (exact) mass is 321 g/mol. The topological polar surface area (TPSA) is 29.5 Å². The van der Waals surface area contributed by atoms with E-state index < -0.39 is 13.0 Å². The summed E-state index contributed by atoms with van der Waals surface area (Å²) in [5.74, 6) is 0.266. The molecule has 3 nitrogen and oxygen atoms in total. The fraction of sp³-hybridized carbons (Fsp3) is 0.417. The molecular weight excluding hydrogens is 308 g/mol. The van der Waals surface area contributed by atoms with Gasteiger partial charge in [0.25, 0.3) is 6.43 Å². The van der Waals surface area contributed by atoms with Crippen molar-refractivity contribution in [1.29, 1.82) is 0 Å². The van der Waals surface area contributed by atoms with Crippen molar-refractivity contribution in [2.24, 2.45) is 0 Å².